The molecule has 1 rings (SSSR count). The molecule has 14 heavy (non-hydrogen) atoms. The van der Waals surface area contributed by atoms with Gasteiger partial charge in [0.15, 0.2) is 11.6 Å². The molecule has 0 saturated carbocycles. The van der Waals surface area contributed by atoms with Crippen molar-refractivity contribution in [2.75, 3.05) is 5.73 Å². The molecule has 0 aliphatic heterocycles. The molecular formula is C9H9F2NO2. The Kier molecular flexibility index (Phi) is 2.69. The van der Waals surface area contributed by atoms with Crippen LogP contribution in [0.5, 0.6) is 0 Å². The van der Waals surface area contributed by atoms with E-state index < -0.39 is 23.5 Å². The summed E-state index contributed by atoms with van der Waals surface area (Å²) in [6.07, 6.45) is 0. The van der Waals surface area contributed by atoms with E-state index in [0.717, 1.165) is 12.1 Å². The molecule has 0 aromatic heterocycles. The number of hydrogen-bond donors (Lipinski definition) is 2. The first kappa shape index (κ1) is 10.4. The Labute approximate surface area is 79.2 Å². The first-order chi connectivity index (χ1) is 6.43. The van der Waals surface area contributed by atoms with Crippen molar-refractivity contribution in [2.45, 2.75) is 12.8 Å². The van der Waals surface area contributed by atoms with E-state index in [1.165, 1.54) is 6.92 Å². The van der Waals surface area contributed by atoms with Crippen LogP contribution in [0.25, 0.3) is 0 Å². The van der Waals surface area contributed by atoms with Gasteiger partial charge in [0.05, 0.1) is 11.6 Å². The number of carboxylic acid groups (broad SMARTS) is 1. The molecule has 76 valence electrons. The molecule has 0 heterocycles. The zero-order chi connectivity index (χ0) is 10.9. The Bertz CT molecular complexity index is 356. The minimum absolute atomic E-state index is 0.147. The number of aliphatic carboxylic acids is 1. The lowest BCUT2D eigenvalue weighted by Gasteiger charge is -2.08. The molecule has 0 radical (unpaired) electrons. The van der Waals surface area contributed by atoms with E-state index in [0.29, 0.717) is 0 Å². The molecule has 0 bridgehead atoms. The third-order valence-corrected chi connectivity index (χ3v) is 1.95. The first-order valence-electron chi connectivity index (χ1n) is 3.90. The van der Waals surface area contributed by atoms with E-state index in [2.05, 4.69) is 0 Å². The third-order valence-electron chi connectivity index (χ3n) is 1.95. The molecule has 0 aliphatic carbocycles. The Hall–Kier alpha value is -1.65. The summed E-state index contributed by atoms with van der Waals surface area (Å²) in [7, 11) is 0. The summed E-state index contributed by atoms with van der Waals surface area (Å²) in [6, 6.07) is 1.96. The summed E-state index contributed by atoms with van der Waals surface area (Å²) < 4.78 is 25.5. The number of benzene rings is 1. The number of rotatable bonds is 2. The van der Waals surface area contributed by atoms with Crippen LogP contribution >= 0.6 is 0 Å². The molecule has 1 unspecified atom stereocenters. The summed E-state index contributed by atoms with van der Waals surface area (Å²) in [5.74, 6) is -4.30. The van der Waals surface area contributed by atoms with E-state index in [9.17, 15) is 13.6 Å². The van der Waals surface area contributed by atoms with Gasteiger partial charge in [0, 0.05) is 0 Å². The monoisotopic (exact) mass is 201 g/mol. The highest BCUT2D eigenvalue weighted by Gasteiger charge is 2.17. The molecule has 5 heteroatoms. The number of halogens is 2. The molecule has 1 aromatic carbocycles. The van der Waals surface area contributed by atoms with Crippen LogP contribution in [0.4, 0.5) is 14.5 Å². The van der Waals surface area contributed by atoms with Crippen molar-refractivity contribution in [1.29, 1.82) is 0 Å². The van der Waals surface area contributed by atoms with Gasteiger partial charge in [-0.05, 0) is 24.6 Å². The molecule has 1 atom stereocenters. The standard InChI is InChI=1S/C9H9F2NO2/c1-4(9(13)14)5-2-6(10)8(11)7(12)3-5/h2-4H,12H2,1H3,(H,13,14). The number of carboxylic acids is 1. The van der Waals surface area contributed by atoms with Gasteiger partial charge in [-0.15, -0.1) is 0 Å². The average molecular weight is 201 g/mol. The van der Waals surface area contributed by atoms with Crippen molar-refractivity contribution >= 4 is 11.7 Å². The maximum Gasteiger partial charge on any atom is 0.310 e. The maximum absolute atomic E-state index is 12.8. The van der Waals surface area contributed by atoms with Gasteiger partial charge in [-0.25, -0.2) is 8.78 Å². The molecule has 3 nitrogen and oxygen atoms in total. The van der Waals surface area contributed by atoms with Crippen molar-refractivity contribution in [1.82, 2.24) is 0 Å². The second-order valence-electron chi connectivity index (χ2n) is 2.97. The van der Waals surface area contributed by atoms with Crippen LogP contribution in [-0.4, -0.2) is 11.1 Å². The van der Waals surface area contributed by atoms with Crippen molar-refractivity contribution < 1.29 is 18.7 Å². The molecule has 0 saturated heterocycles. The van der Waals surface area contributed by atoms with Gasteiger partial charge in [-0.2, -0.15) is 0 Å². The summed E-state index contributed by atoms with van der Waals surface area (Å²) in [5, 5.41) is 8.63. The Balaban J connectivity index is 3.19. The highest BCUT2D eigenvalue weighted by Crippen LogP contribution is 2.22. The summed E-state index contributed by atoms with van der Waals surface area (Å²) >= 11 is 0. The zero-order valence-electron chi connectivity index (χ0n) is 7.42. The van der Waals surface area contributed by atoms with Crippen LogP contribution in [-0.2, 0) is 4.79 Å². The second kappa shape index (κ2) is 3.61. The average Bonchev–Trinajstić information content (AvgIpc) is 2.12. The number of nitrogens with two attached hydrogens (primary N) is 1. The smallest absolute Gasteiger partial charge is 0.310 e. The van der Waals surface area contributed by atoms with E-state index in [1.54, 1.807) is 0 Å². The van der Waals surface area contributed by atoms with Gasteiger partial charge in [-0.1, -0.05) is 0 Å². The number of nitrogen functional groups attached to an aromatic ring is 1. The quantitative estimate of drug-likeness (QED) is 0.716. The molecular weight excluding hydrogens is 192 g/mol. The summed E-state index contributed by atoms with van der Waals surface area (Å²) in [6.45, 7) is 1.37. The van der Waals surface area contributed by atoms with Crippen molar-refractivity contribution in [3.8, 4) is 0 Å². The lowest BCUT2D eigenvalue weighted by molar-refractivity contribution is -0.138. The second-order valence-corrected chi connectivity index (χ2v) is 2.97. The van der Waals surface area contributed by atoms with Crippen LogP contribution in [0.1, 0.15) is 18.4 Å². The van der Waals surface area contributed by atoms with Crippen LogP contribution in [0.15, 0.2) is 12.1 Å². The van der Waals surface area contributed by atoms with Gasteiger partial charge >= 0.3 is 5.97 Å². The maximum atomic E-state index is 12.8. The minimum atomic E-state index is -1.15. The van der Waals surface area contributed by atoms with Crippen LogP contribution in [0.2, 0.25) is 0 Å². The predicted molar refractivity (Wildman–Crippen MR) is 46.8 cm³/mol. The van der Waals surface area contributed by atoms with Crippen molar-refractivity contribution in [3.05, 3.63) is 29.3 Å². The molecule has 0 amide bonds. The van der Waals surface area contributed by atoms with Gasteiger partial charge in [0.2, 0.25) is 0 Å². The number of carbonyl (C=O) groups is 1. The van der Waals surface area contributed by atoms with Crippen LogP contribution < -0.4 is 5.73 Å². The molecule has 0 aliphatic rings. The summed E-state index contributed by atoms with van der Waals surface area (Å²) in [5.41, 5.74) is 4.92. The molecule has 3 N–H and O–H groups in total. The van der Waals surface area contributed by atoms with Gasteiger partial charge in [0.25, 0.3) is 0 Å². The highest BCUT2D eigenvalue weighted by molar-refractivity contribution is 5.76. The fourth-order valence-corrected chi connectivity index (χ4v) is 1.02. The third kappa shape index (κ3) is 1.81. The van der Waals surface area contributed by atoms with E-state index in [-0.39, 0.29) is 11.3 Å². The Morgan fingerprint density at radius 2 is 2.07 bits per heavy atom. The predicted octanol–water partition coefficient (Wildman–Crippen LogP) is 1.74. The normalized spacial score (nSPS) is 12.5. The van der Waals surface area contributed by atoms with E-state index >= 15 is 0 Å². The lowest BCUT2D eigenvalue weighted by atomic mass is 10.0. The topological polar surface area (TPSA) is 63.3 Å². The van der Waals surface area contributed by atoms with Gasteiger partial charge < -0.3 is 10.8 Å². The zero-order valence-corrected chi connectivity index (χ0v) is 7.42. The van der Waals surface area contributed by atoms with E-state index in [4.69, 9.17) is 10.8 Å². The van der Waals surface area contributed by atoms with Crippen LogP contribution in [0, 0.1) is 11.6 Å². The van der Waals surface area contributed by atoms with Crippen molar-refractivity contribution in [3.63, 3.8) is 0 Å². The van der Waals surface area contributed by atoms with Gasteiger partial charge in [0.1, 0.15) is 0 Å². The van der Waals surface area contributed by atoms with E-state index in [1.807, 2.05) is 0 Å². The molecule has 0 fully saturated rings. The Morgan fingerprint density at radius 1 is 1.50 bits per heavy atom. The van der Waals surface area contributed by atoms with Crippen molar-refractivity contribution in [2.24, 2.45) is 0 Å². The molecule has 0 spiro atoms. The first-order valence-corrected chi connectivity index (χ1v) is 3.90. The minimum Gasteiger partial charge on any atom is -0.481 e. The fourth-order valence-electron chi connectivity index (χ4n) is 1.02. The highest BCUT2D eigenvalue weighted by atomic mass is 19.2. The molecule has 1 aromatic rings. The number of hydrogen-bond acceptors (Lipinski definition) is 2. The van der Waals surface area contributed by atoms with Gasteiger partial charge in [-0.3, -0.25) is 4.79 Å². The number of anilines is 1. The Morgan fingerprint density at radius 3 is 2.50 bits per heavy atom. The largest absolute Gasteiger partial charge is 0.481 e. The lowest BCUT2D eigenvalue weighted by Crippen LogP contribution is -2.09. The summed E-state index contributed by atoms with van der Waals surface area (Å²) in [4.78, 5) is 10.6. The fraction of sp³-hybridized carbons (Fsp3) is 0.222. The van der Waals surface area contributed by atoms with Crippen LogP contribution in [0.3, 0.4) is 0 Å². The SMILES string of the molecule is CC(C(=O)O)c1cc(N)c(F)c(F)c1.